The van der Waals surface area contributed by atoms with Gasteiger partial charge in [0.15, 0.2) is 0 Å². The molecule has 0 N–H and O–H groups in total. The molecule has 7 heteroatoms. The second-order valence-electron chi connectivity index (χ2n) is 6.74. The lowest BCUT2D eigenvalue weighted by atomic mass is 9.80. The second-order valence-corrected chi connectivity index (χ2v) is 7.65. The lowest BCUT2D eigenvalue weighted by molar-refractivity contribution is -0.0652. The maximum atomic E-state index is 12.8. The first kappa shape index (κ1) is 17.1. The van der Waals surface area contributed by atoms with Crippen LogP contribution in [0.4, 0.5) is 9.59 Å². The van der Waals surface area contributed by atoms with Crippen LogP contribution in [0, 0.1) is 5.92 Å². The summed E-state index contributed by atoms with van der Waals surface area (Å²) >= 11 is 3.46. The monoisotopic (exact) mass is 394 g/mol. The molecule has 6 nitrogen and oxygen atoms in total. The van der Waals surface area contributed by atoms with Gasteiger partial charge in [0.1, 0.15) is 6.17 Å². The van der Waals surface area contributed by atoms with E-state index in [0.29, 0.717) is 0 Å². The third-order valence-corrected chi connectivity index (χ3v) is 6.03. The number of carbonyl (C=O) groups is 2. The van der Waals surface area contributed by atoms with Crippen LogP contribution in [0.25, 0.3) is 0 Å². The van der Waals surface area contributed by atoms with Crippen LogP contribution >= 0.6 is 15.9 Å². The van der Waals surface area contributed by atoms with Gasteiger partial charge in [-0.1, -0.05) is 28.1 Å². The summed E-state index contributed by atoms with van der Waals surface area (Å²) in [6.07, 6.45) is -0.249. The largest absolute Gasteiger partial charge is 0.324 e. The molecular weight excluding hydrogens is 372 g/mol. The maximum Gasteiger partial charge on any atom is 0.321 e. The second kappa shape index (κ2) is 5.95. The SMILES string of the molecule is CC1C2C(c3ccc(Br)cc3)N(C)C(=O)N(C)C2N(C)C(=O)N1C. The van der Waals surface area contributed by atoms with Crippen LogP contribution in [-0.4, -0.2) is 72.1 Å². The minimum Gasteiger partial charge on any atom is -0.324 e. The van der Waals surface area contributed by atoms with Gasteiger partial charge in [0, 0.05) is 44.6 Å². The molecule has 2 saturated heterocycles. The fourth-order valence-corrected chi connectivity index (χ4v) is 4.36. The zero-order valence-corrected chi connectivity index (χ0v) is 16.2. The Kier molecular flexibility index (Phi) is 4.23. The van der Waals surface area contributed by atoms with Crippen molar-refractivity contribution in [3.8, 4) is 0 Å². The van der Waals surface area contributed by atoms with Crippen LogP contribution < -0.4 is 0 Å². The molecule has 4 amide bonds. The van der Waals surface area contributed by atoms with Crippen LogP contribution in [0.5, 0.6) is 0 Å². The van der Waals surface area contributed by atoms with Gasteiger partial charge in [-0.15, -0.1) is 0 Å². The van der Waals surface area contributed by atoms with Gasteiger partial charge < -0.3 is 19.6 Å². The first-order valence-electron chi connectivity index (χ1n) is 8.00. The molecule has 0 bridgehead atoms. The van der Waals surface area contributed by atoms with Gasteiger partial charge in [0.05, 0.1) is 6.04 Å². The van der Waals surface area contributed by atoms with E-state index in [1.807, 2.05) is 38.4 Å². The van der Waals surface area contributed by atoms with Gasteiger partial charge >= 0.3 is 12.1 Å². The Labute approximate surface area is 151 Å². The number of amides is 4. The van der Waals surface area contributed by atoms with E-state index in [0.717, 1.165) is 10.0 Å². The number of hydrogen-bond acceptors (Lipinski definition) is 2. The zero-order chi connectivity index (χ0) is 17.8. The van der Waals surface area contributed by atoms with E-state index in [4.69, 9.17) is 0 Å². The highest BCUT2D eigenvalue weighted by molar-refractivity contribution is 9.10. The third kappa shape index (κ3) is 2.37. The molecule has 2 heterocycles. The van der Waals surface area contributed by atoms with Crippen molar-refractivity contribution in [2.45, 2.75) is 25.2 Å². The smallest absolute Gasteiger partial charge is 0.321 e. The average molecular weight is 395 g/mol. The molecule has 0 spiro atoms. The molecule has 130 valence electrons. The summed E-state index contributed by atoms with van der Waals surface area (Å²) in [6, 6.07) is 7.89. The van der Waals surface area contributed by atoms with Gasteiger partial charge in [0.25, 0.3) is 0 Å². The van der Waals surface area contributed by atoms with Crippen molar-refractivity contribution in [2.24, 2.45) is 5.92 Å². The van der Waals surface area contributed by atoms with E-state index in [9.17, 15) is 9.59 Å². The van der Waals surface area contributed by atoms with Crippen LogP contribution in [0.3, 0.4) is 0 Å². The normalized spacial score (nSPS) is 30.8. The van der Waals surface area contributed by atoms with Crippen molar-refractivity contribution in [1.82, 2.24) is 19.6 Å². The Morgan fingerprint density at radius 1 is 0.833 bits per heavy atom. The summed E-state index contributed by atoms with van der Waals surface area (Å²) in [7, 11) is 7.21. The Balaban J connectivity index is 2.11. The van der Waals surface area contributed by atoms with Crippen molar-refractivity contribution >= 4 is 28.0 Å². The van der Waals surface area contributed by atoms with E-state index in [1.165, 1.54) is 0 Å². The maximum absolute atomic E-state index is 12.8. The summed E-state index contributed by atoms with van der Waals surface area (Å²) in [5.74, 6) is 0.0894. The minimum atomic E-state index is -0.249. The van der Waals surface area contributed by atoms with Crippen LogP contribution in [0.15, 0.2) is 28.7 Å². The minimum absolute atomic E-state index is 0.0188. The number of carbonyl (C=O) groups excluding carboxylic acids is 2. The van der Waals surface area contributed by atoms with Crippen molar-refractivity contribution < 1.29 is 9.59 Å². The Bertz CT molecular complexity index is 661. The lowest BCUT2D eigenvalue weighted by Gasteiger charge is -2.57. The summed E-state index contributed by atoms with van der Waals surface area (Å²) in [6.45, 7) is 2.06. The molecule has 2 fully saturated rings. The molecule has 4 atom stereocenters. The first-order valence-corrected chi connectivity index (χ1v) is 8.79. The third-order valence-electron chi connectivity index (χ3n) is 5.51. The van der Waals surface area contributed by atoms with Crippen LogP contribution in [0.1, 0.15) is 18.5 Å². The fraction of sp³-hybridized carbons (Fsp3) is 0.529. The van der Waals surface area contributed by atoms with Gasteiger partial charge in [-0.3, -0.25) is 0 Å². The first-order chi connectivity index (χ1) is 11.3. The van der Waals surface area contributed by atoms with Crippen LogP contribution in [-0.2, 0) is 0 Å². The molecule has 1 aromatic carbocycles. The topological polar surface area (TPSA) is 47.1 Å². The standard InChI is InChI=1S/C17H23BrN4O2/c1-10-13-14(11-6-8-12(18)9-7-11)20(3)17(24)22(5)15(13)21(4)16(23)19(10)2/h6-10,13-15H,1-5H3. The van der Waals surface area contributed by atoms with Crippen molar-refractivity contribution in [1.29, 1.82) is 0 Å². The van der Waals surface area contributed by atoms with E-state index in [-0.39, 0.29) is 36.2 Å². The van der Waals surface area contributed by atoms with Gasteiger partial charge in [0.2, 0.25) is 0 Å². The Morgan fingerprint density at radius 2 is 1.33 bits per heavy atom. The molecule has 0 aliphatic carbocycles. The molecular formula is C17H23BrN4O2. The summed E-state index contributed by atoms with van der Waals surface area (Å²) in [5, 5.41) is 0. The molecule has 4 unspecified atom stereocenters. The predicted molar refractivity (Wildman–Crippen MR) is 95.5 cm³/mol. The van der Waals surface area contributed by atoms with Gasteiger partial charge in [-0.2, -0.15) is 0 Å². The Morgan fingerprint density at radius 3 is 1.88 bits per heavy atom. The summed E-state index contributed by atoms with van der Waals surface area (Å²) in [4.78, 5) is 32.2. The van der Waals surface area contributed by atoms with E-state index in [1.54, 1.807) is 33.7 Å². The molecule has 0 aromatic heterocycles. The lowest BCUT2D eigenvalue weighted by Crippen LogP contribution is -2.71. The number of benzene rings is 1. The predicted octanol–water partition coefficient (Wildman–Crippen LogP) is 2.82. The quantitative estimate of drug-likeness (QED) is 0.734. The fourth-order valence-electron chi connectivity index (χ4n) is 4.09. The molecule has 2 aliphatic rings. The van der Waals surface area contributed by atoms with E-state index in [2.05, 4.69) is 22.9 Å². The highest BCUT2D eigenvalue weighted by atomic mass is 79.9. The number of urea groups is 2. The molecule has 0 radical (unpaired) electrons. The molecule has 3 rings (SSSR count). The number of hydrogen-bond donors (Lipinski definition) is 0. The number of nitrogens with zero attached hydrogens (tertiary/aromatic N) is 4. The molecule has 24 heavy (non-hydrogen) atoms. The summed E-state index contributed by atoms with van der Waals surface area (Å²) in [5.41, 5.74) is 1.08. The molecule has 1 aromatic rings. The highest BCUT2D eigenvalue weighted by Gasteiger charge is 2.53. The van der Waals surface area contributed by atoms with Gasteiger partial charge in [-0.25, -0.2) is 9.59 Å². The van der Waals surface area contributed by atoms with Crippen LogP contribution in [0.2, 0.25) is 0 Å². The van der Waals surface area contributed by atoms with Crippen molar-refractivity contribution in [3.05, 3.63) is 34.3 Å². The average Bonchev–Trinajstić information content (AvgIpc) is 2.57. The zero-order valence-electron chi connectivity index (χ0n) is 14.6. The highest BCUT2D eigenvalue weighted by Crippen LogP contribution is 2.43. The molecule has 2 aliphatic heterocycles. The number of rotatable bonds is 1. The van der Waals surface area contributed by atoms with E-state index < -0.39 is 0 Å². The Hall–Kier alpha value is -1.76. The van der Waals surface area contributed by atoms with Gasteiger partial charge in [-0.05, 0) is 24.6 Å². The van der Waals surface area contributed by atoms with Crippen molar-refractivity contribution in [3.63, 3.8) is 0 Å². The van der Waals surface area contributed by atoms with Crippen molar-refractivity contribution in [2.75, 3.05) is 28.2 Å². The van der Waals surface area contributed by atoms with E-state index >= 15 is 0 Å². The number of fused-ring (bicyclic) bond motifs is 1. The summed E-state index contributed by atoms with van der Waals surface area (Å²) < 4.78 is 1.01. The molecule has 0 saturated carbocycles. The number of halogens is 1.